The van der Waals surface area contributed by atoms with Gasteiger partial charge in [0.25, 0.3) is 0 Å². The highest BCUT2D eigenvalue weighted by molar-refractivity contribution is 5.94. The molecule has 6 heteroatoms. The Morgan fingerprint density at radius 2 is 2.18 bits per heavy atom. The van der Waals surface area contributed by atoms with Crippen LogP contribution < -0.4 is 16.4 Å². The molecule has 0 bridgehead atoms. The van der Waals surface area contributed by atoms with E-state index < -0.39 is 5.82 Å². The third kappa shape index (κ3) is 3.75. The quantitative estimate of drug-likeness (QED) is 0.464. The lowest BCUT2D eigenvalue weighted by molar-refractivity contribution is 0.241. The van der Waals surface area contributed by atoms with Gasteiger partial charge in [-0.05, 0) is 13.0 Å². The van der Waals surface area contributed by atoms with Gasteiger partial charge < -0.3 is 16.4 Å². The number of carbonyl (C=O) groups is 1. The van der Waals surface area contributed by atoms with Gasteiger partial charge in [0.15, 0.2) is 0 Å². The SMILES string of the molecule is CCNC(=O)NCc1ccc(C(=N)N)cc1F. The lowest BCUT2D eigenvalue weighted by Crippen LogP contribution is -2.34. The van der Waals surface area contributed by atoms with Crippen molar-refractivity contribution in [2.24, 2.45) is 5.73 Å². The Morgan fingerprint density at radius 1 is 1.47 bits per heavy atom. The molecule has 1 aromatic carbocycles. The number of nitrogens with one attached hydrogen (secondary N) is 3. The molecule has 17 heavy (non-hydrogen) atoms. The van der Waals surface area contributed by atoms with Crippen LogP contribution in [0.5, 0.6) is 0 Å². The largest absolute Gasteiger partial charge is 0.384 e. The maximum atomic E-state index is 13.5. The van der Waals surface area contributed by atoms with Crippen molar-refractivity contribution in [3.8, 4) is 0 Å². The van der Waals surface area contributed by atoms with E-state index in [0.29, 0.717) is 17.7 Å². The van der Waals surface area contributed by atoms with Gasteiger partial charge in [0.05, 0.1) is 0 Å². The summed E-state index contributed by atoms with van der Waals surface area (Å²) < 4.78 is 13.5. The monoisotopic (exact) mass is 238 g/mol. The molecular weight excluding hydrogens is 223 g/mol. The minimum atomic E-state index is -0.491. The fraction of sp³-hybridized carbons (Fsp3) is 0.273. The van der Waals surface area contributed by atoms with Crippen molar-refractivity contribution >= 4 is 11.9 Å². The van der Waals surface area contributed by atoms with E-state index in [0.717, 1.165) is 0 Å². The normalized spacial score (nSPS) is 9.76. The highest BCUT2D eigenvalue weighted by Gasteiger charge is 2.06. The van der Waals surface area contributed by atoms with E-state index in [1.54, 1.807) is 13.0 Å². The van der Waals surface area contributed by atoms with Gasteiger partial charge in [-0.25, -0.2) is 9.18 Å². The molecule has 0 spiro atoms. The molecule has 0 saturated carbocycles. The van der Waals surface area contributed by atoms with Crippen LogP contribution in [0.2, 0.25) is 0 Å². The fourth-order valence-electron chi connectivity index (χ4n) is 1.26. The molecule has 1 aromatic rings. The van der Waals surface area contributed by atoms with Gasteiger partial charge in [0.1, 0.15) is 11.7 Å². The van der Waals surface area contributed by atoms with E-state index in [2.05, 4.69) is 10.6 Å². The minimum Gasteiger partial charge on any atom is -0.384 e. The van der Waals surface area contributed by atoms with Crippen LogP contribution in [0, 0.1) is 11.2 Å². The number of hydrogen-bond donors (Lipinski definition) is 4. The summed E-state index contributed by atoms with van der Waals surface area (Å²) in [7, 11) is 0. The second-order valence-corrected chi connectivity index (χ2v) is 3.43. The number of hydrogen-bond acceptors (Lipinski definition) is 2. The lowest BCUT2D eigenvalue weighted by atomic mass is 10.1. The second-order valence-electron chi connectivity index (χ2n) is 3.43. The van der Waals surface area contributed by atoms with E-state index in [4.69, 9.17) is 11.1 Å². The van der Waals surface area contributed by atoms with Crippen LogP contribution in [0.4, 0.5) is 9.18 Å². The van der Waals surface area contributed by atoms with E-state index in [1.165, 1.54) is 12.1 Å². The Balaban J connectivity index is 2.66. The number of amidine groups is 1. The second kappa shape index (κ2) is 5.83. The van der Waals surface area contributed by atoms with Crippen molar-refractivity contribution in [2.45, 2.75) is 13.5 Å². The summed E-state index contributed by atoms with van der Waals surface area (Å²) in [5, 5.41) is 12.2. The molecule has 0 aliphatic rings. The summed E-state index contributed by atoms with van der Waals surface area (Å²) in [4.78, 5) is 11.1. The number of amides is 2. The Hall–Kier alpha value is -2.11. The third-order valence-electron chi connectivity index (χ3n) is 2.14. The summed E-state index contributed by atoms with van der Waals surface area (Å²) >= 11 is 0. The van der Waals surface area contributed by atoms with E-state index in [9.17, 15) is 9.18 Å². The molecule has 0 aliphatic heterocycles. The van der Waals surface area contributed by atoms with Crippen LogP contribution in [0.25, 0.3) is 0 Å². The van der Waals surface area contributed by atoms with Gasteiger partial charge in [0, 0.05) is 24.2 Å². The zero-order valence-electron chi connectivity index (χ0n) is 9.51. The molecule has 0 atom stereocenters. The van der Waals surface area contributed by atoms with Gasteiger partial charge in [-0.1, -0.05) is 12.1 Å². The maximum Gasteiger partial charge on any atom is 0.315 e. The molecule has 0 aromatic heterocycles. The van der Waals surface area contributed by atoms with Crippen LogP contribution in [0.15, 0.2) is 18.2 Å². The number of rotatable bonds is 4. The molecule has 5 N–H and O–H groups in total. The molecule has 0 radical (unpaired) electrons. The van der Waals surface area contributed by atoms with Crippen LogP contribution >= 0.6 is 0 Å². The number of carbonyl (C=O) groups excluding carboxylic acids is 1. The Morgan fingerprint density at radius 3 is 2.71 bits per heavy atom. The predicted molar refractivity (Wildman–Crippen MR) is 63.3 cm³/mol. The molecule has 0 unspecified atom stereocenters. The van der Waals surface area contributed by atoms with Gasteiger partial charge in [-0.3, -0.25) is 5.41 Å². The van der Waals surface area contributed by atoms with E-state index in [1.807, 2.05) is 0 Å². The highest BCUT2D eigenvalue weighted by atomic mass is 19.1. The van der Waals surface area contributed by atoms with Crippen molar-refractivity contribution in [3.05, 3.63) is 35.1 Å². The number of benzene rings is 1. The molecular formula is C11H15FN4O. The summed E-state index contributed by atoms with van der Waals surface area (Å²) in [5.74, 6) is -0.679. The molecule has 0 saturated heterocycles. The third-order valence-corrected chi connectivity index (χ3v) is 2.14. The first-order valence-electron chi connectivity index (χ1n) is 5.19. The van der Waals surface area contributed by atoms with Crippen LogP contribution in [-0.4, -0.2) is 18.4 Å². The van der Waals surface area contributed by atoms with Crippen molar-refractivity contribution in [3.63, 3.8) is 0 Å². The summed E-state index contributed by atoms with van der Waals surface area (Å²) in [6.45, 7) is 2.40. The average molecular weight is 238 g/mol. The molecule has 0 aliphatic carbocycles. The van der Waals surface area contributed by atoms with Gasteiger partial charge in [0.2, 0.25) is 0 Å². The molecule has 0 heterocycles. The Kier molecular flexibility index (Phi) is 4.45. The first kappa shape index (κ1) is 13.0. The summed E-state index contributed by atoms with van der Waals surface area (Å²) in [5.41, 5.74) is 5.90. The van der Waals surface area contributed by atoms with Crippen molar-refractivity contribution in [1.82, 2.24) is 10.6 Å². The molecule has 0 fully saturated rings. The van der Waals surface area contributed by atoms with Gasteiger partial charge in [-0.2, -0.15) is 0 Å². The van der Waals surface area contributed by atoms with E-state index >= 15 is 0 Å². The fourth-order valence-corrected chi connectivity index (χ4v) is 1.26. The molecule has 1 rings (SSSR count). The zero-order valence-corrected chi connectivity index (χ0v) is 9.51. The standard InChI is InChI=1S/C11H15FN4O/c1-2-15-11(17)16-6-8-4-3-7(10(13)14)5-9(8)12/h3-5H,2,6H2,1H3,(H3,13,14)(H2,15,16,17). The van der Waals surface area contributed by atoms with Crippen molar-refractivity contribution in [1.29, 1.82) is 5.41 Å². The molecule has 92 valence electrons. The summed E-state index contributed by atoms with van der Waals surface area (Å²) in [6.07, 6.45) is 0. The summed E-state index contributed by atoms with van der Waals surface area (Å²) in [6, 6.07) is 3.87. The van der Waals surface area contributed by atoms with Crippen LogP contribution in [-0.2, 0) is 6.54 Å². The maximum absolute atomic E-state index is 13.5. The first-order chi connectivity index (χ1) is 8.04. The lowest BCUT2D eigenvalue weighted by Gasteiger charge is -2.07. The Labute approximate surface area is 98.7 Å². The average Bonchev–Trinajstić information content (AvgIpc) is 2.27. The van der Waals surface area contributed by atoms with Crippen LogP contribution in [0.3, 0.4) is 0 Å². The predicted octanol–water partition coefficient (Wildman–Crippen LogP) is 0.929. The van der Waals surface area contributed by atoms with Crippen molar-refractivity contribution < 1.29 is 9.18 Å². The van der Waals surface area contributed by atoms with Crippen LogP contribution in [0.1, 0.15) is 18.1 Å². The number of nitrogen functional groups attached to an aromatic ring is 1. The van der Waals surface area contributed by atoms with E-state index in [-0.39, 0.29) is 18.4 Å². The topological polar surface area (TPSA) is 91.0 Å². The van der Waals surface area contributed by atoms with Gasteiger partial charge in [-0.15, -0.1) is 0 Å². The van der Waals surface area contributed by atoms with Crippen molar-refractivity contribution in [2.75, 3.05) is 6.54 Å². The zero-order chi connectivity index (χ0) is 12.8. The minimum absolute atomic E-state index is 0.0931. The number of nitrogens with two attached hydrogens (primary N) is 1. The smallest absolute Gasteiger partial charge is 0.315 e. The number of halogens is 1. The highest BCUT2D eigenvalue weighted by Crippen LogP contribution is 2.09. The van der Waals surface area contributed by atoms with Gasteiger partial charge >= 0.3 is 6.03 Å². The Bertz CT molecular complexity index is 433. The number of urea groups is 1. The molecule has 5 nitrogen and oxygen atoms in total. The first-order valence-corrected chi connectivity index (χ1v) is 5.19. The molecule has 2 amide bonds.